The number of nitrogens with zero attached hydrogens (tertiary/aromatic N) is 1. The van der Waals surface area contributed by atoms with Crippen molar-refractivity contribution in [2.24, 2.45) is 11.7 Å². The Hall–Kier alpha value is -1.13. The van der Waals surface area contributed by atoms with Crippen LogP contribution in [0.15, 0.2) is 24.3 Å². The van der Waals surface area contributed by atoms with E-state index in [0.29, 0.717) is 5.92 Å². The van der Waals surface area contributed by atoms with Crippen molar-refractivity contribution in [1.29, 1.82) is 0 Å². The summed E-state index contributed by atoms with van der Waals surface area (Å²) in [7, 11) is 0. The second-order valence-electron chi connectivity index (χ2n) is 4.43. The van der Waals surface area contributed by atoms with Gasteiger partial charge in [0.25, 0.3) is 5.69 Å². The predicted octanol–water partition coefficient (Wildman–Crippen LogP) is 3.45. The van der Waals surface area contributed by atoms with Gasteiger partial charge in [0.1, 0.15) is 0 Å². The summed E-state index contributed by atoms with van der Waals surface area (Å²) in [6.45, 7) is 4.28. The van der Waals surface area contributed by atoms with Crippen molar-refractivity contribution in [2.75, 3.05) is 0 Å². The molecule has 0 radical (unpaired) electrons. The van der Waals surface area contributed by atoms with Crippen LogP contribution < -0.4 is 5.73 Å². The Morgan fingerprint density at radius 3 is 2.53 bits per heavy atom. The van der Waals surface area contributed by atoms with Gasteiger partial charge in [-0.25, -0.2) is 0 Å². The van der Waals surface area contributed by atoms with Gasteiger partial charge in [-0.3, -0.25) is 10.1 Å². The molecule has 1 aromatic rings. The summed E-state index contributed by atoms with van der Waals surface area (Å²) < 4.78 is 0. The van der Waals surface area contributed by atoms with Crippen molar-refractivity contribution in [1.82, 2.24) is 0 Å². The Bertz CT molecular complexity index is 369. The molecule has 0 fully saturated rings. The molecule has 0 saturated carbocycles. The highest BCUT2D eigenvalue weighted by Crippen LogP contribution is 2.22. The zero-order valence-corrected chi connectivity index (χ0v) is 10.9. The van der Waals surface area contributed by atoms with Gasteiger partial charge in [-0.2, -0.15) is 0 Å². The first kappa shape index (κ1) is 15.9. The van der Waals surface area contributed by atoms with Crippen LogP contribution in [0.1, 0.15) is 38.3 Å². The van der Waals surface area contributed by atoms with Crippen molar-refractivity contribution in [3.63, 3.8) is 0 Å². The fraction of sp³-hybridized carbons (Fsp3) is 0.500. The van der Waals surface area contributed by atoms with Crippen LogP contribution in [-0.2, 0) is 0 Å². The molecular weight excluding hydrogens is 240 g/mol. The largest absolute Gasteiger partial charge is 0.324 e. The van der Waals surface area contributed by atoms with Crippen molar-refractivity contribution in [3.8, 4) is 0 Å². The first-order chi connectivity index (χ1) is 7.50. The lowest BCUT2D eigenvalue weighted by Crippen LogP contribution is -2.11. The molecule has 0 aliphatic carbocycles. The number of non-ortho nitro benzene ring substituents is 1. The summed E-state index contributed by atoms with van der Waals surface area (Å²) in [6.07, 6.45) is 1.89. The summed E-state index contributed by atoms with van der Waals surface area (Å²) in [5.74, 6) is 0.602. The molecule has 0 unspecified atom stereocenters. The van der Waals surface area contributed by atoms with Gasteiger partial charge in [0.2, 0.25) is 0 Å². The molecular formula is C12H19ClN2O2. The van der Waals surface area contributed by atoms with Gasteiger partial charge in [0.15, 0.2) is 0 Å². The molecule has 1 rings (SSSR count). The van der Waals surface area contributed by atoms with E-state index in [0.717, 1.165) is 18.4 Å². The van der Waals surface area contributed by atoms with E-state index in [1.807, 2.05) is 6.07 Å². The van der Waals surface area contributed by atoms with Crippen molar-refractivity contribution in [3.05, 3.63) is 39.9 Å². The number of hydrogen-bond acceptors (Lipinski definition) is 3. The molecule has 0 aliphatic rings. The number of nitrogens with two attached hydrogens (primary N) is 1. The maximum Gasteiger partial charge on any atom is 0.269 e. The van der Waals surface area contributed by atoms with Crippen LogP contribution in [0.2, 0.25) is 0 Å². The topological polar surface area (TPSA) is 69.2 Å². The number of rotatable bonds is 5. The molecule has 0 saturated heterocycles. The Morgan fingerprint density at radius 1 is 1.35 bits per heavy atom. The third kappa shape index (κ3) is 5.15. The number of hydrogen-bond donors (Lipinski definition) is 1. The first-order valence-electron chi connectivity index (χ1n) is 5.50. The van der Waals surface area contributed by atoms with Crippen molar-refractivity contribution < 1.29 is 4.92 Å². The molecule has 1 aromatic carbocycles. The van der Waals surface area contributed by atoms with E-state index in [2.05, 4.69) is 13.8 Å². The van der Waals surface area contributed by atoms with E-state index in [-0.39, 0.29) is 24.1 Å². The van der Waals surface area contributed by atoms with Gasteiger partial charge in [-0.1, -0.05) is 26.0 Å². The molecule has 0 aliphatic heterocycles. The summed E-state index contributed by atoms with van der Waals surface area (Å²) in [5, 5.41) is 10.6. The zero-order chi connectivity index (χ0) is 12.1. The number of benzene rings is 1. The molecule has 0 aromatic heterocycles. The molecule has 4 nitrogen and oxygen atoms in total. The zero-order valence-electron chi connectivity index (χ0n) is 10.1. The highest BCUT2D eigenvalue weighted by molar-refractivity contribution is 5.85. The molecule has 96 valence electrons. The van der Waals surface area contributed by atoms with Crippen molar-refractivity contribution >= 4 is 18.1 Å². The lowest BCUT2D eigenvalue weighted by Gasteiger charge is -2.13. The summed E-state index contributed by atoms with van der Waals surface area (Å²) in [5.41, 5.74) is 6.94. The minimum absolute atomic E-state index is 0. The van der Waals surface area contributed by atoms with Gasteiger partial charge in [-0.15, -0.1) is 12.4 Å². The Kier molecular flexibility index (Phi) is 6.76. The summed E-state index contributed by atoms with van der Waals surface area (Å²) in [4.78, 5) is 10.2. The minimum atomic E-state index is -0.390. The van der Waals surface area contributed by atoms with Gasteiger partial charge in [0.05, 0.1) is 4.92 Å². The van der Waals surface area contributed by atoms with Crippen LogP contribution in [0.3, 0.4) is 0 Å². The van der Waals surface area contributed by atoms with Gasteiger partial charge < -0.3 is 5.73 Å². The quantitative estimate of drug-likeness (QED) is 0.650. The van der Waals surface area contributed by atoms with Crippen LogP contribution in [0.25, 0.3) is 0 Å². The standard InChI is InChI=1S/C12H18N2O2.ClH/c1-9(2)6-7-12(13)10-4-3-5-11(8-10)14(15)16;/h3-5,8-9,12H,6-7,13H2,1-2H3;1H/t12-;/m0./s1. The monoisotopic (exact) mass is 258 g/mol. The average Bonchev–Trinajstić information content (AvgIpc) is 2.26. The van der Waals surface area contributed by atoms with Crippen LogP contribution in [-0.4, -0.2) is 4.92 Å². The van der Waals surface area contributed by atoms with E-state index in [1.165, 1.54) is 6.07 Å². The third-order valence-corrected chi connectivity index (χ3v) is 2.56. The number of halogens is 1. The fourth-order valence-corrected chi connectivity index (χ4v) is 1.55. The second kappa shape index (κ2) is 7.25. The number of nitro benzene ring substituents is 1. The third-order valence-electron chi connectivity index (χ3n) is 2.56. The summed E-state index contributed by atoms with van der Waals surface area (Å²) >= 11 is 0. The summed E-state index contributed by atoms with van der Waals surface area (Å²) in [6, 6.07) is 6.46. The van der Waals surface area contributed by atoms with Gasteiger partial charge in [-0.05, 0) is 24.3 Å². The Labute approximate surface area is 108 Å². The average molecular weight is 259 g/mol. The van der Waals surface area contributed by atoms with Crippen LogP contribution in [0.5, 0.6) is 0 Å². The first-order valence-corrected chi connectivity index (χ1v) is 5.50. The molecule has 0 amide bonds. The maximum absolute atomic E-state index is 10.6. The van der Waals surface area contributed by atoms with Gasteiger partial charge in [0, 0.05) is 18.2 Å². The van der Waals surface area contributed by atoms with E-state index in [1.54, 1.807) is 12.1 Å². The molecule has 1 atom stereocenters. The lowest BCUT2D eigenvalue weighted by atomic mass is 9.98. The van der Waals surface area contributed by atoms with E-state index in [4.69, 9.17) is 5.73 Å². The van der Waals surface area contributed by atoms with Crippen LogP contribution in [0.4, 0.5) is 5.69 Å². The number of nitro groups is 1. The SMILES string of the molecule is CC(C)CC[C@H](N)c1cccc([N+](=O)[O-])c1.Cl. The van der Waals surface area contributed by atoms with Crippen molar-refractivity contribution in [2.45, 2.75) is 32.7 Å². The Balaban J connectivity index is 0.00000256. The van der Waals surface area contributed by atoms with E-state index >= 15 is 0 Å². The molecule has 0 spiro atoms. The molecule has 0 bridgehead atoms. The maximum atomic E-state index is 10.6. The molecule has 5 heteroatoms. The second-order valence-corrected chi connectivity index (χ2v) is 4.43. The van der Waals surface area contributed by atoms with E-state index < -0.39 is 4.92 Å². The lowest BCUT2D eigenvalue weighted by molar-refractivity contribution is -0.384. The molecule has 2 N–H and O–H groups in total. The highest BCUT2D eigenvalue weighted by Gasteiger charge is 2.11. The fourth-order valence-electron chi connectivity index (χ4n) is 1.55. The molecule has 17 heavy (non-hydrogen) atoms. The Morgan fingerprint density at radius 2 is 2.00 bits per heavy atom. The normalized spacial score (nSPS) is 12.0. The minimum Gasteiger partial charge on any atom is -0.324 e. The predicted molar refractivity (Wildman–Crippen MR) is 71.3 cm³/mol. The van der Waals surface area contributed by atoms with Crippen LogP contribution >= 0.6 is 12.4 Å². The van der Waals surface area contributed by atoms with E-state index in [9.17, 15) is 10.1 Å². The van der Waals surface area contributed by atoms with Gasteiger partial charge >= 0.3 is 0 Å². The van der Waals surface area contributed by atoms with Crippen LogP contribution in [0, 0.1) is 16.0 Å². The smallest absolute Gasteiger partial charge is 0.269 e. The molecule has 0 heterocycles. The highest BCUT2D eigenvalue weighted by atomic mass is 35.5.